The highest BCUT2D eigenvalue weighted by Gasteiger charge is 2.36. The highest BCUT2D eigenvalue weighted by atomic mass is 19.4. The fourth-order valence-electron chi connectivity index (χ4n) is 2.05. The second-order valence-electron chi connectivity index (χ2n) is 4.62. The Hall–Kier alpha value is -1.56. The Balaban J connectivity index is 2.30. The van der Waals surface area contributed by atoms with Gasteiger partial charge in [-0.15, -0.1) is 0 Å². The lowest BCUT2D eigenvalue weighted by molar-refractivity contribution is -0.137. The van der Waals surface area contributed by atoms with Gasteiger partial charge in [0.1, 0.15) is 6.10 Å². The number of hydrogen-bond donors (Lipinski definition) is 1. The van der Waals surface area contributed by atoms with E-state index in [4.69, 9.17) is 4.74 Å². The highest BCUT2D eigenvalue weighted by Crippen LogP contribution is 2.38. The first kappa shape index (κ1) is 13.9. The van der Waals surface area contributed by atoms with Crippen LogP contribution in [0.25, 0.3) is 0 Å². The monoisotopic (exact) mass is 274 g/mol. The van der Waals surface area contributed by atoms with Gasteiger partial charge in [0.2, 0.25) is 0 Å². The standard InChI is InChI=1S/C13H13F3O3/c1-7(17)2-5-11-10-6-8(13(14,15)16)3-4-9(10)12(18)19-11/h3-4,6-7,11,17H,2,5H2,1H3. The fraction of sp³-hybridized carbons (Fsp3) is 0.462. The molecule has 1 aromatic rings. The normalized spacial score (nSPS) is 20.1. The minimum atomic E-state index is -4.45. The number of aliphatic hydroxyl groups excluding tert-OH is 1. The third-order valence-electron chi connectivity index (χ3n) is 3.04. The first-order chi connectivity index (χ1) is 8.79. The maximum Gasteiger partial charge on any atom is 0.416 e. The molecule has 19 heavy (non-hydrogen) atoms. The van der Waals surface area contributed by atoms with Crippen LogP contribution in [-0.2, 0) is 10.9 Å². The van der Waals surface area contributed by atoms with E-state index in [1.807, 2.05) is 0 Å². The van der Waals surface area contributed by atoms with Crippen LogP contribution in [0.15, 0.2) is 18.2 Å². The van der Waals surface area contributed by atoms with Crippen LogP contribution in [0.2, 0.25) is 0 Å². The smallest absolute Gasteiger partial charge is 0.416 e. The molecule has 0 bridgehead atoms. The third kappa shape index (κ3) is 2.89. The van der Waals surface area contributed by atoms with E-state index in [1.54, 1.807) is 6.92 Å². The molecule has 0 saturated heterocycles. The molecule has 0 amide bonds. The zero-order chi connectivity index (χ0) is 14.2. The molecule has 6 heteroatoms. The number of esters is 1. The van der Waals surface area contributed by atoms with E-state index in [0.717, 1.165) is 18.2 Å². The number of alkyl halides is 3. The van der Waals surface area contributed by atoms with E-state index in [1.165, 1.54) is 0 Å². The van der Waals surface area contributed by atoms with Gasteiger partial charge in [-0.25, -0.2) is 4.79 Å². The summed E-state index contributed by atoms with van der Waals surface area (Å²) < 4.78 is 42.9. The summed E-state index contributed by atoms with van der Waals surface area (Å²) in [5.41, 5.74) is -0.379. The maximum atomic E-state index is 12.6. The van der Waals surface area contributed by atoms with Crippen LogP contribution in [0.5, 0.6) is 0 Å². The highest BCUT2D eigenvalue weighted by molar-refractivity contribution is 5.94. The van der Waals surface area contributed by atoms with Crippen LogP contribution in [-0.4, -0.2) is 17.2 Å². The van der Waals surface area contributed by atoms with Gasteiger partial charge in [0.15, 0.2) is 0 Å². The molecular weight excluding hydrogens is 261 g/mol. The molecule has 0 aliphatic carbocycles. The lowest BCUT2D eigenvalue weighted by Crippen LogP contribution is -2.07. The van der Waals surface area contributed by atoms with Crippen molar-refractivity contribution in [2.24, 2.45) is 0 Å². The summed E-state index contributed by atoms with van der Waals surface area (Å²) in [4.78, 5) is 11.5. The van der Waals surface area contributed by atoms with Gasteiger partial charge in [-0.05, 0) is 38.0 Å². The quantitative estimate of drug-likeness (QED) is 0.862. The van der Waals surface area contributed by atoms with E-state index < -0.39 is 29.9 Å². The molecule has 1 aromatic carbocycles. The Bertz CT molecular complexity index is 494. The molecule has 1 N–H and O–H groups in total. The number of ether oxygens (including phenoxy) is 1. The van der Waals surface area contributed by atoms with E-state index in [2.05, 4.69) is 0 Å². The molecular formula is C13H13F3O3. The largest absolute Gasteiger partial charge is 0.454 e. The molecule has 2 rings (SSSR count). The average Bonchev–Trinajstić information content (AvgIpc) is 2.62. The summed E-state index contributed by atoms with van der Waals surface area (Å²) in [5.74, 6) is -0.612. The number of cyclic esters (lactones) is 1. The van der Waals surface area contributed by atoms with Crippen LogP contribution in [0.4, 0.5) is 13.2 Å². The van der Waals surface area contributed by atoms with Gasteiger partial charge in [0.05, 0.1) is 17.2 Å². The lowest BCUT2D eigenvalue weighted by atomic mass is 9.98. The summed E-state index contributed by atoms with van der Waals surface area (Å²) in [6.45, 7) is 1.57. The van der Waals surface area contributed by atoms with Crippen LogP contribution in [0, 0.1) is 0 Å². The van der Waals surface area contributed by atoms with Gasteiger partial charge >= 0.3 is 12.1 Å². The van der Waals surface area contributed by atoms with Crippen molar-refractivity contribution in [3.05, 3.63) is 34.9 Å². The Morgan fingerprint density at radius 3 is 2.68 bits per heavy atom. The molecule has 2 atom stereocenters. The second-order valence-corrected chi connectivity index (χ2v) is 4.62. The number of aliphatic hydroxyl groups is 1. The zero-order valence-corrected chi connectivity index (χ0v) is 10.2. The van der Waals surface area contributed by atoms with Crippen molar-refractivity contribution in [2.45, 2.75) is 38.1 Å². The van der Waals surface area contributed by atoms with Crippen molar-refractivity contribution < 1.29 is 27.8 Å². The molecule has 104 valence electrons. The first-order valence-electron chi connectivity index (χ1n) is 5.89. The molecule has 1 heterocycles. The summed E-state index contributed by atoms with van der Waals surface area (Å²) in [6.07, 6.45) is -5.09. The Morgan fingerprint density at radius 1 is 1.42 bits per heavy atom. The van der Waals surface area contributed by atoms with Gasteiger partial charge in [-0.2, -0.15) is 13.2 Å². The topological polar surface area (TPSA) is 46.5 Å². The van der Waals surface area contributed by atoms with Crippen molar-refractivity contribution in [1.82, 2.24) is 0 Å². The molecule has 0 aromatic heterocycles. The van der Waals surface area contributed by atoms with Crippen LogP contribution in [0.1, 0.15) is 47.4 Å². The van der Waals surface area contributed by atoms with E-state index >= 15 is 0 Å². The molecule has 0 fully saturated rings. The maximum absolute atomic E-state index is 12.6. The van der Waals surface area contributed by atoms with E-state index in [9.17, 15) is 23.1 Å². The summed E-state index contributed by atoms with van der Waals surface area (Å²) in [6, 6.07) is 2.97. The molecule has 0 radical (unpaired) electrons. The van der Waals surface area contributed by atoms with Crippen molar-refractivity contribution in [3.8, 4) is 0 Å². The summed E-state index contributed by atoms with van der Waals surface area (Å²) in [7, 11) is 0. The number of rotatable bonds is 3. The average molecular weight is 274 g/mol. The lowest BCUT2D eigenvalue weighted by Gasteiger charge is -2.13. The minimum Gasteiger partial charge on any atom is -0.454 e. The Kier molecular flexibility index (Phi) is 3.54. The number of halogens is 3. The van der Waals surface area contributed by atoms with E-state index in [0.29, 0.717) is 12.8 Å². The van der Waals surface area contributed by atoms with E-state index in [-0.39, 0.29) is 11.1 Å². The van der Waals surface area contributed by atoms with Gasteiger partial charge in [0, 0.05) is 5.56 Å². The molecule has 3 nitrogen and oxygen atoms in total. The summed E-state index contributed by atoms with van der Waals surface area (Å²) in [5, 5.41) is 9.19. The van der Waals surface area contributed by atoms with Crippen molar-refractivity contribution in [3.63, 3.8) is 0 Å². The second kappa shape index (κ2) is 4.85. The fourth-order valence-corrected chi connectivity index (χ4v) is 2.05. The van der Waals surface area contributed by atoms with Gasteiger partial charge in [-0.3, -0.25) is 0 Å². The Morgan fingerprint density at radius 2 is 2.11 bits per heavy atom. The van der Waals surface area contributed by atoms with Crippen LogP contribution >= 0.6 is 0 Å². The number of hydrogen-bond acceptors (Lipinski definition) is 3. The summed E-state index contributed by atoms with van der Waals surface area (Å²) >= 11 is 0. The molecule has 2 unspecified atom stereocenters. The molecule has 0 saturated carbocycles. The van der Waals surface area contributed by atoms with Crippen molar-refractivity contribution in [1.29, 1.82) is 0 Å². The minimum absolute atomic E-state index is 0.170. The Labute approximate surface area is 108 Å². The molecule has 1 aliphatic rings. The van der Waals surface area contributed by atoms with Crippen molar-refractivity contribution >= 4 is 5.97 Å². The number of carbonyl (C=O) groups is 1. The predicted molar refractivity (Wildman–Crippen MR) is 60.5 cm³/mol. The third-order valence-corrected chi connectivity index (χ3v) is 3.04. The van der Waals surface area contributed by atoms with Crippen LogP contribution < -0.4 is 0 Å². The number of fused-ring (bicyclic) bond motifs is 1. The number of benzene rings is 1. The predicted octanol–water partition coefficient (Wildman–Crippen LogP) is 3.08. The first-order valence-corrected chi connectivity index (χ1v) is 5.89. The van der Waals surface area contributed by atoms with Gasteiger partial charge < -0.3 is 9.84 Å². The zero-order valence-electron chi connectivity index (χ0n) is 10.2. The number of carbonyl (C=O) groups excluding carboxylic acids is 1. The SMILES string of the molecule is CC(O)CCC1OC(=O)c2ccc(C(F)(F)F)cc21. The van der Waals surface area contributed by atoms with Gasteiger partial charge in [-0.1, -0.05) is 0 Å². The molecule has 1 aliphatic heterocycles. The van der Waals surface area contributed by atoms with Gasteiger partial charge in [0.25, 0.3) is 0 Å². The molecule has 0 spiro atoms. The van der Waals surface area contributed by atoms with Crippen LogP contribution in [0.3, 0.4) is 0 Å². The van der Waals surface area contributed by atoms with Crippen molar-refractivity contribution in [2.75, 3.05) is 0 Å².